The smallest absolute Gasteiger partial charge is 0.309 e. The van der Waals surface area contributed by atoms with Crippen LogP contribution in [0.25, 0.3) is 0 Å². The van der Waals surface area contributed by atoms with Crippen molar-refractivity contribution in [2.75, 3.05) is 6.61 Å². The molecule has 0 aliphatic heterocycles. The molecule has 4 aliphatic rings. The zero-order valence-electron chi connectivity index (χ0n) is 29.6. The average molecular weight is 645 g/mol. The van der Waals surface area contributed by atoms with Gasteiger partial charge in [0.1, 0.15) is 11.7 Å². The predicted octanol–water partition coefficient (Wildman–Crippen LogP) is 6.24. The van der Waals surface area contributed by atoms with Crippen molar-refractivity contribution in [1.82, 2.24) is 0 Å². The number of esters is 2. The summed E-state index contributed by atoms with van der Waals surface area (Å²) in [5, 5.41) is 35.0. The summed E-state index contributed by atoms with van der Waals surface area (Å²) in [7, 11) is 0. The maximum atomic E-state index is 14.9. The fourth-order valence-electron chi connectivity index (χ4n) is 9.22. The van der Waals surface area contributed by atoms with Crippen LogP contribution in [0.15, 0.2) is 23.3 Å². The van der Waals surface area contributed by atoms with E-state index in [1.807, 2.05) is 34.6 Å². The molecule has 46 heavy (non-hydrogen) atoms. The Hall–Kier alpha value is -2.03. The number of rotatable bonds is 15. The third-order valence-electron chi connectivity index (χ3n) is 12.4. The summed E-state index contributed by atoms with van der Waals surface area (Å²) in [4.78, 5) is 41.5. The first-order valence-electron chi connectivity index (χ1n) is 18.0. The van der Waals surface area contributed by atoms with E-state index in [-0.39, 0.29) is 23.2 Å². The van der Waals surface area contributed by atoms with Crippen molar-refractivity contribution in [1.29, 1.82) is 0 Å². The molecule has 8 heteroatoms. The lowest BCUT2D eigenvalue weighted by Gasteiger charge is -2.49. The number of allylic oxidation sites excluding steroid dienone is 1. The Bertz CT molecular complexity index is 1220. The van der Waals surface area contributed by atoms with Crippen molar-refractivity contribution in [3.8, 4) is 0 Å². The Balaban J connectivity index is 1.60. The molecule has 0 saturated heterocycles. The number of aliphatic hydroxyl groups excluding tert-OH is 2. The summed E-state index contributed by atoms with van der Waals surface area (Å²) in [5.74, 6) is -3.39. The van der Waals surface area contributed by atoms with Gasteiger partial charge in [-0.25, -0.2) is 0 Å². The number of carbonyl (C=O) groups is 3. The number of aliphatic hydroxyl groups is 3. The van der Waals surface area contributed by atoms with Crippen molar-refractivity contribution in [2.45, 2.75) is 149 Å². The lowest BCUT2D eigenvalue weighted by atomic mass is 9.59. The Kier molecular flexibility index (Phi) is 11.1. The summed E-state index contributed by atoms with van der Waals surface area (Å²) >= 11 is 0. The van der Waals surface area contributed by atoms with E-state index in [1.54, 1.807) is 26.0 Å². The number of carbonyl (C=O) groups excluding carboxylic acids is 3. The highest BCUT2D eigenvalue weighted by Crippen LogP contribution is 2.75. The van der Waals surface area contributed by atoms with Crippen LogP contribution in [-0.2, 0) is 23.9 Å². The summed E-state index contributed by atoms with van der Waals surface area (Å²) in [6.07, 6.45) is 11.3. The van der Waals surface area contributed by atoms with Crippen molar-refractivity contribution in [2.24, 2.45) is 40.4 Å². The monoisotopic (exact) mass is 644 g/mol. The molecule has 2 bridgehead atoms. The number of ketones is 1. The molecule has 0 aromatic rings. The van der Waals surface area contributed by atoms with Gasteiger partial charge in [0, 0.05) is 23.7 Å². The molecule has 9 atom stereocenters. The number of Topliss-reactive ketones (excluding diaryl/α,β-unsaturated/α-hetero) is 1. The van der Waals surface area contributed by atoms with E-state index in [4.69, 9.17) is 9.47 Å². The third kappa shape index (κ3) is 5.83. The molecule has 0 amide bonds. The predicted molar refractivity (Wildman–Crippen MR) is 176 cm³/mol. The molecule has 2 saturated carbocycles. The Morgan fingerprint density at radius 3 is 2.17 bits per heavy atom. The molecule has 8 nitrogen and oxygen atoms in total. The third-order valence-corrected chi connectivity index (χ3v) is 12.4. The van der Waals surface area contributed by atoms with Gasteiger partial charge in [-0.3, -0.25) is 14.4 Å². The van der Waals surface area contributed by atoms with Crippen LogP contribution in [0.2, 0.25) is 0 Å². The van der Waals surface area contributed by atoms with Gasteiger partial charge in [0.15, 0.2) is 17.5 Å². The van der Waals surface area contributed by atoms with E-state index in [9.17, 15) is 29.7 Å². The van der Waals surface area contributed by atoms with Gasteiger partial charge in [-0.1, -0.05) is 112 Å². The minimum atomic E-state index is -2.24. The molecule has 4 rings (SSSR count). The second-order valence-electron chi connectivity index (χ2n) is 15.9. The van der Waals surface area contributed by atoms with Crippen LogP contribution in [0, 0.1) is 40.4 Å². The molecule has 1 spiro atoms. The number of ether oxygens (including phenoxy) is 2. The zero-order chi connectivity index (χ0) is 34.2. The fraction of sp³-hybridized carbons (Fsp3) is 0.816. The molecule has 0 aromatic heterocycles. The number of hydrogen-bond acceptors (Lipinski definition) is 8. The normalized spacial score (nSPS) is 36.5. The van der Waals surface area contributed by atoms with Gasteiger partial charge in [0.2, 0.25) is 0 Å². The second-order valence-corrected chi connectivity index (χ2v) is 15.9. The van der Waals surface area contributed by atoms with Crippen molar-refractivity contribution < 1.29 is 39.2 Å². The molecule has 2 fully saturated rings. The molecule has 260 valence electrons. The second kappa shape index (κ2) is 13.8. The Labute approximate surface area is 276 Å². The zero-order valence-corrected chi connectivity index (χ0v) is 29.6. The summed E-state index contributed by atoms with van der Waals surface area (Å²) < 4.78 is 12.4. The highest BCUT2D eigenvalue weighted by molar-refractivity contribution is 5.96. The molecule has 0 aromatic carbocycles. The van der Waals surface area contributed by atoms with Crippen LogP contribution in [0.3, 0.4) is 0 Å². The quantitative estimate of drug-likeness (QED) is 0.108. The fourth-order valence-corrected chi connectivity index (χ4v) is 9.22. The molecule has 0 heterocycles. The van der Waals surface area contributed by atoms with Gasteiger partial charge in [0.05, 0.1) is 17.9 Å². The molecular weight excluding hydrogens is 584 g/mol. The van der Waals surface area contributed by atoms with E-state index < -0.39 is 70.5 Å². The van der Waals surface area contributed by atoms with E-state index in [0.29, 0.717) is 18.4 Å². The van der Waals surface area contributed by atoms with E-state index in [2.05, 4.69) is 6.92 Å². The first kappa shape index (κ1) is 36.8. The molecule has 1 unspecified atom stereocenters. The SMILES string of the molecule is CCCCCCCCCCCC(=O)O[C@@]12C[C@@H](C)[C@]34C=C(C)[C@H](OC(=O)C(C)C(C)C)[C@@]3(O)[C@H](O)C(CO)=C[C@@H](C4=O)[C@@H]1C2(C)C. The standard InChI is InChI=1S/C38H60O8/c1-9-10-11-12-13-14-15-16-17-18-29(40)46-37-21-25(5)36-20-24(4)33(45-34(43)26(6)23(2)3)38(36,44)31(41)27(22-39)19-28(32(36)42)30(37)35(37,7)8/h19-20,23,25-26,28,30-31,33,39,41,44H,9-18,21-22H2,1-8H3/t25-,26?,28-,30-,31-,33+,36+,37+,38+/m1/s1. The topological polar surface area (TPSA) is 130 Å². The largest absolute Gasteiger partial charge is 0.458 e. The van der Waals surface area contributed by atoms with Crippen LogP contribution in [0.5, 0.6) is 0 Å². The van der Waals surface area contributed by atoms with E-state index >= 15 is 0 Å². The Morgan fingerprint density at radius 2 is 1.61 bits per heavy atom. The molecule has 3 N–H and O–H groups in total. The van der Waals surface area contributed by atoms with E-state index in [1.165, 1.54) is 38.5 Å². The maximum Gasteiger partial charge on any atom is 0.309 e. The van der Waals surface area contributed by atoms with Crippen LogP contribution < -0.4 is 0 Å². The van der Waals surface area contributed by atoms with Gasteiger partial charge >= 0.3 is 11.9 Å². The molecule has 0 radical (unpaired) electrons. The van der Waals surface area contributed by atoms with Gasteiger partial charge in [0.25, 0.3) is 0 Å². The minimum absolute atomic E-state index is 0.0176. The Morgan fingerprint density at radius 1 is 1.02 bits per heavy atom. The maximum absolute atomic E-state index is 14.9. The van der Waals surface area contributed by atoms with Gasteiger partial charge in [-0.2, -0.15) is 0 Å². The van der Waals surface area contributed by atoms with Crippen LogP contribution in [-0.4, -0.2) is 63.1 Å². The first-order valence-corrected chi connectivity index (χ1v) is 18.0. The van der Waals surface area contributed by atoms with Crippen LogP contribution in [0.1, 0.15) is 126 Å². The summed E-state index contributed by atoms with van der Waals surface area (Å²) in [6, 6.07) is 0. The molecular formula is C38H60O8. The van der Waals surface area contributed by atoms with Gasteiger partial charge < -0.3 is 24.8 Å². The highest BCUT2D eigenvalue weighted by atomic mass is 16.6. The van der Waals surface area contributed by atoms with Crippen LogP contribution in [0.4, 0.5) is 0 Å². The number of hydrogen-bond donors (Lipinski definition) is 3. The van der Waals surface area contributed by atoms with Crippen molar-refractivity contribution in [3.05, 3.63) is 23.3 Å². The van der Waals surface area contributed by atoms with E-state index in [0.717, 1.165) is 19.3 Å². The first-order chi connectivity index (χ1) is 21.6. The summed E-state index contributed by atoms with van der Waals surface area (Å²) in [5.41, 5.74) is -4.77. The minimum Gasteiger partial charge on any atom is -0.458 e. The number of fused-ring (bicyclic) bond motifs is 3. The average Bonchev–Trinajstić information content (AvgIpc) is 3.40. The van der Waals surface area contributed by atoms with Crippen LogP contribution >= 0.6 is 0 Å². The highest BCUT2D eigenvalue weighted by Gasteiger charge is 2.83. The van der Waals surface area contributed by atoms with Gasteiger partial charge in [-0.05, 0) is 42.7 Å². The van der Waals surface area contributed by atoms with Gasteiger partial charge in [-0.15, -0.1) is 0 Å². The van der Waals surface area contributed by atoms with Crippen molar-refractivity contribution in [3.63, 3.8) is 0 Å². The number of unbranched alkanes of at least 4 members (excludes halogenated alkanes) is 8. The lowest BCUT2D eigenvalue weighted by molar-refractivity contribution is -0.206. The summed E-state index contributed by atoms with van der Waals surface area (Å²) in [6.45, 7) is 14.8. The lowest BCUT2D eigenvalue weighted by Crippen LogP contribution is -2.66. The van der Waals surface area contributed by atoms with Crippen molar-refractivity contribution >= 4 is 17.7 Å². The molecule has 4 aliphatic carbocycles.